The minimum atomic E-state index is -0.464. The summed E-state index contributed by atoms with van der Waals surface area (Å²) in [5, 5.41) is 6.55. The van der Waals surface area contributed by atoms with Gasteiger partial charge in [-0.25, -0.2) is 0 Å². The first-order chi connectivity index (χ1) is 14.6. The number of hydrogen-bond donors (Lipinski definition) is 1. The Hall–Kier alpha value is -3.74. The van der Waals surface area contributed by atoms with E-state index in [9.17, 15) is 9.59 Å². The van der Waals surface area contributed by atoms with Crippen LogP contribution in [0.25, 0.3) is 17.5 Å². The Morgan fingerprint density at radius 2 is 1.87 bits per heavy atom. The van der Waals surface area contributed by atoms with Crippen LogP contribution in [0.2, 0.25) is 0 Å². The van der Waals surface area contributed by atoms with Crippen LogP contribution in [-0.4, -0.2) is 28.6 Å². The van der Waals surface area contributed by atoms with E-state index >= 15 is 0 Å². The van der Waals surface area contributed by atoms with Crippen LogP contribution in [0.3, 0.4) is 0 Å². The first-order valence-electron chi connectivity index (χ1n) is 9.72. The summed E-state index contributed by atoms with van der Waals surface area (Å²) in [5.74, 6) is -0.0782. The van der Waals surface area contributed by atoms with Crippen molar-refractivity contribution in [2.75, 3.05) is 6.54 Å². The molecular weight excluding hydrogens is 382 g/mol. The van der Waals surface area contributed by atoms with E-state index < -0.39 is 5.97 Å². The standard InChI is InChI=1S/C23H23N3O4/c1-2-17-8-11-19(12-9-17)23-25-21(30-26-23)16-29-22(28)14-15-24-20(27)13-10-18-6-4-3-5-7-18/h3-13H,2,14-16H2,1H3,(H,24,27)/b13-10+. The fourth-order valence-electron chi connectivity index (χ4n) is 2.62. The van der Waals surface area contributed by atoms with Crippen molar-refractivity contribution in [1.29, 1.82) is 0 Å². The molecule has 30 heavy (non-hydrogen) atoms. The van der Waals surface area contributed by atoms with Crippen LogP contribution in [0.5, 0.6) is 0 Å². The Balaban J connectivity index is 1.38. The molecule has 1 amide bonds. The zero-order chi connectivity index (χ0) is 21.2. The maximum absolute atomic E-state index is 11.8. The Kier molecular flexibility index (Phi) is 7.49. The van der Waals surface area contributed by atoms with E-state index in [0.717, 1.165) is 17.5 Å². The average Bonchev–Trinajstić information content (AvgIpc) is 3.26. The lowest BCUT2D eigenvalue weighted by Crippen LogP contribution is -2.24. The maximum atomic E-state index is 11.8. The fraction of sp³-hybridized carbons (Fsp3) is 0.217. The second-order valence-electron chi connectivity index (χ2n) is 6.51. The molecule has 0 bridgehead atoms. The number of ether oxygens (including phenoxy) is 1. The van der Waals surface area contributed by atoms with Crippen molar-refractivity contribution in [2.45, 2.75) is 26.4 Å². The van der Waals surface area contributed by atoms with Gasteiger partial charge in [0.05, 0.1) is 6.42 Å². The number of carbonyl (C=O) groups excluding carboxylic acids is 2. The van der Waals surface area contributed by atoms with Crippen molar-refractivity contribution in [3.8, 4) is 11.4 Å². The van der Waals surface area contributed by atoms with E-state index in [2.05, 4.69) is 22.4 Å². The molecule has 154 valence electrons. The highest BCUT2D eigenvalue weighted by Crippen LogP contribution is 2.17. The van der Waals surface area contributed by atoms with Gasteiger partial charge in [-0.1, -0.05) is 66.7 Å². The fourth-order valence-corrected chi connectivity index (χ4v) is 2.62. The van der Waals surface area contributed by atoms with Gasteiger partial charge >= 0.3 is 5.97 Å². The molecule has 0 aliphatic heterocycles. The first kappa shape index (κ1) is 21.0. The van der Waals surface area contributed by atoms with Gasteiger partial charge < -0.3 is 14.6 Å². The van der Waals surface area contributed by atoms with E-state index in [0.29, 0.717) is 5.82 Å². The van der Waals surface area contributed by atoms with Crippen molar-refractivity contribution < 1.29 is 18.8 Å². The molecule has 0 atom stereocenters. The SMILES string of the molecule is CCc1ccc(-c2noc(COC(=O)CCNC(=O)/C=C/c3ccccc3)n2)cc1. The number of hydrogen-bond acceptors (Lipinski definition) is 6. The molecule has 0 radical (unpaired) electrons. The van der Waals surface area contributed by atoms with Gasteiger partial charge in [-0.15, -0.1) is 0 Å². The minimum Gasteiger partial charge on any atom is -0.456 e. The molecule has 3 aromatic rings. The zero-order valence-electron chi connectivity index (χ0n) is 16.7. The molecule has 1 N–H and O–H groups in total. The van der Waals surface area contributed by atoms with E-state index in [1.807, 2.05) is 54.6 Å². The maximum Gasteiger partial charge on any atom is 0.308 e. The summed E-state index contributed by atoms with van der Waals surface area (Å²) in [6.07, 6.45) is 4.13. The number of aryl methyl sites for hydroxylation is 1. The number of aromatic nitrogens is 2. The molecule has 0 aliphatic rings. The summed E-state index contributed by atoms with van der Waals surface area (Å²) in [7, 11) is 0. The predicted octanol–water partition coefficient (Wildman–Crippen LogP) is 3.56. The lowest BCUT2D eigenvalue weighted by Gasteiger charge is -2.03. The average molecular weight is 405 g/mol. The Labute approximate surface area is 174 Å². The monoisotopic (exact) mass is 405 g/mol. The quantitative estimate of drug-likeness (QED) is 0.432. The Morgan fingerprint density at radius 1 is 1.10 bits per heavy atom. The molecule has 0 saturated heterocycles. The lowest BCUT2D eigenvalue weighted by molar-refractivity contribution is -0.145. The Bertz CT molecular complexity index is 995. The molecule has 1 heterocycles. The van der Waals surface area contributed by atoms with Crippen LogP contribution < -0.4 is 5.32 Å². The van der Waals surface area contributed by atoms with Gasteiger partial charge in [0, 0.05) is 18.2 Å². The highest BCUT2D eigenvalue weighted by Gasteiger charge is 2.11. The third-order valence-corrected chi connectivity index (χ3v) is 4.30. The van der Waals surface area contributed by atoms with Crippen LogP contribution in [0, 0.1) is 0 Å². The van der Waals surface area contributed by atoms with Gasteiger partial charge in [-0.05, 0) is 23.6 Å². The van der Waals surface area contributed by atoms with Crippen molar-refractivity contribution in [3.05, 3.63) is 77.7 Å². The van der Waals surface area contributed by atoms with Crippen molar-refractivity contribution in [1.82, 2.24) is 15.5 Å². The highest BCUT2D eigenvalue weighted by atomic mass is 16.6. The number of amides is 1. The van der Waals surface area contributed by atoms with Gasteiger partial charge in [0.1, 0.15) is 0 Å². The normalized spacial score (nSPS) is 10.8. The van der Waals surface area contributed by atoms with Crippen LogP contribution in [-0.2, 0) is 27.4 Å². The molecule has 3 rings (SSSR count). The Morgan fingerprint density at radius 3 is 2.60 bits per heavy atom. The van der Waals surface area contributed by atoms with Crippen molar-refractivity contribution >= 4 is 18.0 Å². The molecule has 0 fully saturated rings. The number of nitrogens with zero attached hydrogens (tertiary/aromatic N) is 2. The van der Waals surface area contributed by atoms with Gasteiger partial charge in [0.2, 0.25) is 11.7 Å². The third-order valence-electron chi connectivity index (χ3n) is 4.30. The van der Waals surface area contributed by atoms with Crippen molar-refractivity contribution in [2.24, 2.45) is 0 Å². The second kappa shape index (κ2) is 10.7. The number of benzene rings is 2. The molecule has 7 nitrogen and oxygen atoms in total. The summed E-state index contributed by atoms with van der Waals surface area (Å²) in [4.78, 5) is 27.9. The van der Waals surface area contributed by atoms with Crippen LogP contribution in [0.1, 0.15) is 30.4 Å². The predicted molar refractivity (Wildman–Crippen MR) is 112 cm³/mol. The third kappa shape index (κ3) is 6.41. The van der Waals surface area contributed by atoms with E-state index in [4.69, 9.17) is 9.26 Å². The molecule has 0 saturated carbocycles. The number of esters is 1. The highest BCUT2D eigenvalue weighted by molar-refractivity contribution is 5.91. The topological polar surface area (TPSA) is 94.3 Å². The molecule has 0 aliphatic carbocycles. The van der Waals surface area contributed by atoms with Crippen LogP contribution >= 0.6 is 0 Å². The lowest BCUT2D eigenvalue weighted by atomic mass is 10.1. The van der Waals surface area contributed by atoms with E-state index in [1.54, 1.807) is 6.08 Å². The summed E-state index contributed by atoms with van der Waals surface area (Å²) in [6, 6.07) is 17.3. The van der Waals surface area contributed by atoms with Crippen molar-refractivity contribution in [3.63, 3.8) is 0 Å². The zero-order valence-corrected chi connectivity index (χ0v) is 16.7. The molecule has 7 heteroatoms. The molecular formula is C23H23N3O4. The number of nitrogens with one attached hydrogen (secondary N) is 1. The second-order valence-corrected chi connectivity index (χ2v) is 6.51. The summed E-state index contributed by atoms with van der Waals surface area (Å²) in [6.45, 7) is 2.15. The summed E-state index contributed by atoms with van der Waals surface area (Å²) in [5.41, 5.74) is 2.98. The van der Waals surface area contributed by atoms with Gasteiger partial charge in [0.15, 0.2) is 6.61 Å². The molecule has 0 spiro atoms. The van der Waals surface area contributed by atoms with Gasteiger partial charge in [0.25, 0.3) is 5.89 Å². The first-order valence-corrected chi connectivity index (χ1v) is 9.72. The molecule has 0 unspecified atom stereocenters. The number of carbonyl (C=O) groups is 2. The summed E-state index contributed by atoms with van der Waals surface area (Å²) < 4.78 is 10.2. The van der Waals surface area contributed by atoms with E-state index in [1.165, 1.54) is 11.6 Å². The van der Waals surface area contributed by atoms with Crippen LogP contribution in [0.4, 0.5) is 0 Å². The number of rotatable bonds is 9. The van der Waals surface area contributed by atoms with Gasteiger partial charge in [-0.3, -0.25) is 9.59 Å². The minimum absolute atomic E-state index is 0.0460. The summed E-state index contributed by atoms with van der Waals surface area (Å²) >= 11 is 0. The van der Waals surface area contributed by atoms with E-state index in [-0.39, 0.29) is 31.4 Å². The van der Waals surface area contributed by atoms with Crippen LogP contribution in [0.15, 0.2) is 65.2 Å². The smallest absolute Gasteiger partial charge is 0.308 e. The molecule has 2 aromatic carbocycles. The molecule has 1 aromatic heterocycles. The van der Waals surface area contributed by atoms with Gasteiger partial charge in [-0.2, -0.15) is 4.98 Å². The largest absolute Gasteiger partial charge is 0.456 e.